The molecule has 6 heteroatoms. The Morgan fingerprint density at radius 3 is 2.76 bits per heavy atom. The molecule has 2 N–H and O–H groups in total. The lowest BCUT2D eigenvalue weighted by atomic mass is 10.1. The summed E-state index contributed by atoms with van der Waals surface area (Å²) in [7, 11) is -3.43. The van der Waals surface area contributed by atoms with E-state index in [0.717, 1.165) is 0 Å². The third kappa shape index (κ3) is 2.12. The first-order chi connectivity index (χ1) is 7.91. The molecule has 2 rings (SSSR count). The largest absolute Gasteiger partial charge is 0.508 e. The Hall–Kier alpha value is -1.56. The van der Waals surface area contributed by atoms with Crippen LogP contribution in [0.2, 0.25) is 0 Å². The lowest BCUT2D eigenvalue weighted by Gasteiger charge is -2.06. The van der Waals surface area contributed by atoms with Gasteiger partial charge in [-0.15, -0.1) is 0 Å². The van der Waals surface area contributed by atoms with Crippen molar-refractivity contribution in [2.24, 2.45) is 0 Å². The van der Waals surface area contributed by atoms with Gasteiger partial charge < -0.3 is 10.2 Å². The predicted molar refractivity (Wildman–Crippen MR) is 59.7 cm³/mol. The fraction of sp³-hybridized carbons (Fsp3) is 0.364. The molecule has 1 unspecified atom stereocenters. The van der Waals surface area contributed by atoms with Crippen LogP contribution in [-0.4, -0.2) is 29.9 Å². The van der Waals surface area contributed by atoms with Gasteiger partial charge in [-0.2, -0.15) is 0 Å². The SMILES string of the molecule is O=C(O)CCC1Cc2cc(O)ccc2S1(=O)=O. The zero-order chi connectivity index (χ0) is 12.6. The van der Waals surface area contributed by atoms with Crippen molar-refractivity contribution >= 4 is 15.8 Å². The molecular formula is C11H12O5S. The minimum atomic E-state index is -3.43. The summed E-state index contributed by atoms with van der Waals surface area (Å²) >= 11 is 0. The summed E-state index contributed by atoms with van der Waals surface area (Å²) in [6, 6.07) is 4.13. The van der Waals surface area contributed by atoms with E-state index in [0.29, 0.717) is 5.56 Å². The van der Waals surface area contributed by atoms with E-state index >= 15 is 0 Å². The van der Waals surface area contributed by atoms with Gasteiger partial charge in [-0.3, -0.25) is 4.79 Å². The normalized spacial score (nSPS) is 21.1. The highest BCUT2D eigenvalue weighted by molar-refractivity contribution is 7.92. The first-order valence-corrected chi connectivity index (χ1v) is 6.73. The zero-order valence-electron chi connectivity index (χ0n) is 8.96. The molecule has 0 saturated carbocycles. The average molecular weight is 256 g/mol. The number of rotatable bonds is 3. The molecule has 0 aliphatic carbocycles. The Kier molecular flexibility index (Phi) is 2.82. The molecule has 0 spiro atoms. The van der Waals surface area contributed by atoms with E-state index in [1.165, 1.54) is 18.2 Å². The first kappa shape index (κ1) is 11.9. The molecule has 17 heavy (non-hydrogen) atoms. The lowest BCUT2D eigenvalue weighted by molar-refractivity contribution is -0.137. The number of carboxylic acids is 1. The Labute approximate surface area is 98.6 Å². The molecule has 0 fully saturated rings. The first-order valence-electron chi connectivity index (χ1n) is 5.19. The topological polar surface area (TPSA) is 91.7 Å². The van der Waals surface area contributed by atoms with Gasteiger partial charge in [0.25, 0.3) is 0 Å². The van der Waals surface area contributed by atoms with Gasteiger partial charge in [-0.1, -0.05) is 0 Å². The second kappa shape index (κ2) is 4.03. The summed E-state index contributed by atoms with van der Waals surface area (Å²) < 4.78 is 24.1. The highest BCUT2D eigenvalue weighted by Crippen LogP contribution is 2.35. The summed E-state index contributed by atoms with van der Waals surface area (Å²) in [6.07, 6.45) is 0.219. The van der Waals surface area contributed by atoms with E-state index in [4.69, 9.17) is 5.11 Å². The molecule has 1 aromatic rings. The van der Waals surface area contributed by atoms with Gasteiger partial charge in [0.1, 0.15) is 5.75 Å². The quantitative estimate of drug-likeness (QED) is 0.840. The van der Waals surface area contributed by atoms with Crippen LogP contribution in [0.3, 0.4) is 0 Å². The smallest absolute Gasteiger partial charge is 0.303 e. The van der Waals surface area contributed by atoms with Crippen LogP contribution in [-0.2, 0) is 21.1 Å². The lowest BCUT2D eigenvalue weighted by Crippen LogP contribution is -2.18. The number of carboxylic acid groups (broad SMARTS) is 1. The molecule has 1 aliphatic heterocycles. The van der Waals surface area contributed by atoms with Crippen LogP contribution in [0.4, 0.5) is 0 Å². The summed E-state index contributed by atoms with van der Waals surface area (Å²) in [6.45, 7) is 0. The maximum absolute atomic E-state index is 12.0. The van der Waals surface area contributed by atoms with Crippen LogP contribution in [0, 0.1) is 0 Å². The van der Waals surface area contributed by atoms with Gasteiger partial charge in [0, 0.05) is 6.42 Å². The number of benzene rings is 1. The van der Waals surface area contributed by atoms with Gasteiger partial charge in [-0.25, -0.2) is 8.42 Å². The third-order valence-electron chi connectivity index (χ3n) is 2.92. The summed E-state index contributed by atoms with van der Waals surface area (Å²) in [5.74, 6) is -0.975. The molecule has 1 heterocycles. The number of carbonyl (C=O) groups is 1. The van der Waals surface area contributed by atoms with Crippen molar-refractivity contribution in [3.63, 3.8) is 0 Å². The molecule has 0 aromatic heterocycles. The van der Waals surface area contributed by atoms with Crippen molar-refractivity contribution in [1.29, 1.82) is 0 Å². The van der Waals surface area contributed by atoms with Gasteiger partial charge in [0.05, 0.1) is 10.1 Å². The molecular weight excluding hydrogens is 244 g/mol. The number of hydrogen-bond acceptors (Lipinski definition) is 4. The predicted octanol–water partition coefficient (Wildman–Crippen LogP) is 0.955. The number of hydrogen-bond donors (Lipinski definition) is 2. The van der Waals surface area contributed by atoms with Gasteiger partial charge >= 0.3 is 5.97 Å². The Morgan fingerprint density at radius 2 is 2.12 bits per heavy atom. The van der Waals surface area contributed by atoms with E-state index in [1.54, 1.807) is 0 Å². The second-order valence-electron chi connectivity index (χ2n) is 4.10. The van der Waals surface area contributed by atoms with Gasteiger partial charge in [0.2, 0.25) is 0 Å². The van der Waals surface area contributed by atoms with Crippen LogP contribution >= 0.6 is 0 Å². The average Bonchev–Trinajstić information content (AvgIpc) is 2.46. The molecule has 0 saturated heterocycles. The number of aromatic hydroxyl groups is 1. The van der Waals surface area contributed by atoms with E-state index in [-0.39, 0.29) is 29.9 Å². The van der Waals surface area contributed by atoms with Crippen molar-refractivity contribution < 1.29 is 23.4 Å². The van der Waals surface area contributed by atoms with Crippen molar-refractivity contribution in [2.45, 2.75) is 29.4 Å². The van der Waals surface area contributed by atoms with Crippen molar-refractivity contribution in [1.82, 2.24) is 0 Å². The highest BCUT2D eigenvalue weighted by atomic mass is 32.2. The van der Waals surface area contributed by atoms with Crippen LogP contribution in [0.1, 0.15) is 18.4 Å². The van der Waals surface area contributed by atoms with Crippen LogP contribution in [0.15, 0.2) is 23.1 Å². The molecule has 1 aromatic carbocycles. The minimum Gasteiger partial charge on any atom is -0.508 e. The van der Waals surface area contributed by atoms with Gasteiger partial charge in [0.15, 0.2) is 9.84 Å². The van der Waals surface area contributed by atoms with Crippen molar-refractivity contribution in [3.05, 3.63) is 23.8 Å². The van der Waals surface area contributed by atoms with Crippen LogP contribution in [0.5, 0.6) is 5.75 Å². The molecule has 92 valence electrons. The fourth-order valence-corrected chi connectivity index (χ4v) is 4.03. The van der Waals surface area contributed by atoms with E-state index in [2.05, 4.69) is 0 Å². The Balaban J connectivity index is 2.30. The minimum absolute atomic E-state index is 0.0258. The molecule has 5 nitrogen and oxygen atoms in total. The zero-order valence-corrected chi connectivity index (χ0v) is 9.77. The molecule has 0 amide bonds. The number of phenolic OH excluding ortho intramolecular Hbond substituents is 1. The van der Waals surface area contributed by atoms with Gasteiger partial charge in [-0.05, 0) is 36.6 Å². The highest BCUT2D eigenvalue weighted by Gasteiger charge is 2.36. The van der Waals surface area contributed by atoms with E-state index < -0.39 is 21.1 Å². The molecule has 0 bridgehead atoms. The van der Waals surface area contributed by atoms with Crippen molar-refractivity contribution in [2.75, 3.05) is 0 Å². The molecule has 0 radical (unpaired) electrons. The van der Waals surface area contributed by atoms with Crippen LogP contribution < -0.4 is 0 Å². The Bertz CT molecular complexity index is 561. The standard InChI is InChI=1S/C11H12O5S/c12-8-1-3-10-7(5-8)6-9(17(10,15)16)2-4-11(13)14/h1,3,5,9,12H,2,4,6H2,(H,13,14). The maximum atomic E-state index is 12.0. The van der Waals surface area contributed by atoms with Crippen LogP contribution in [0.25, 0.3) is 0 Å². The Morgan fingerprint density at radius 1 is 1.41 bits per heavy atom. The number of phenols is 1. The van der Waals surface area contributed by atoms with Crippen molar-refractivity contribution in [3.8, 4) is 5.75 Å². The fourth-order valence-electron chi connectivity index (χ4n) is 2.08. The number of aliphatic carboxylic acids is 1. The van der Waals surface area contributed by atoms with E-state index in [9.17, 15) is 18.3 Å². The summed E-state index contributed by atoms with van der Waals surface area (Å²) in [5, 5.41) is 17.2. The molecule has 1 aliphatic rings. The maximum Gasteiger partial charge on any atom is 0.303 e. The summed E-state index contributed by atoms with van der Waals surface area (Å²) in [4.78, 5) is 10.7. The summed E-state index contributed by atoms with van der Waals surface area (Å²) in [5.41, 5.74) is 0.570. The number of fused-ring (bicyclic) bond motifs is 1. The second-order valence-corrected chi connectivity index (χ2v) is 6.29. The third-order valence-corrected chi connectivity index (χ3v) is 5.21. The molecule has 1 atom stereocenters. The number of sulfone groups is 1. The monoisotopic (exact) mass is 256 g/mol. The van der Waals surface area contributed by atoms with E-state index in [1.807, 2.05) is 0 Å².